The van der Waals surface area contributed by atoms with Crippen LogP contribution in [-0.2, 0) is 6.61 Å². The zero-order valence-electron chi connectivity index (χ0n) is 9.53. The van der Waals surface area contributed by atoms with E-state index in [1.165, 1.54) is 5.69 Å². The minimum absolute atomic E-state index is 0.104. The van der Waals surface area contributed by atoms with Gasteiger partial charge in [0.25, 0.3) is 0 Å². The van der Waals surface area contributed by atoms with E-state index in [0.717, 1.165) is 24.2 Å². The number of nitrogens with zero attached hydrogens (tertiary/aromatic N) is 1. The van der Waals surface area contributed by atoms with Crippen LogP contribution in [0.3, 0.4) is 0 Å². The molecule has 0 bridgehead atoms. The van der Waals surface area contributed by atoms with Gasteiger partial charge in [0.1, 0.15) is 0 Å². The molecule has 0 aliphatic heterocycles. The Balaban J connectivity index is 2.78. The number of aliphatic hydroxyl groups excluding tert-OH is 1. The normalized spacial score (nSPS) is 10.1. The second-order valence-corrected chi connectivity index (χ2v) is 3.80. The van der Waals surface area contributed by atoms with E-state index in [-0.39, 0.29) is 6.61 Å². The van der Waals surface area contributed by atoms with Crippen LogP contribution in [0, 0.1) is 0 Å². The van der Waals surface area contributed by atoms with Crippen molar-refractivity contribution in [3.8, 4) is 0 Å². The van der Waals surface area contributed by atoms with Gasteiger partial charge in [0, 0.05) is 18.8 Å². The molecule has 1 aromatic rings. The molecule has 0 aromatic heterocycles. The number of hydrogen-bond acceptors (Lipinski definition) is 2. The predicted molar refractivity (Wildman–Crippen MR) is 65.1 cm³/mol. The molecular weight excluding hydrogens is 186 g/mol. The van der Waals surface area contributed by atoms with Gasteiger partial charge in [-0.3, -0.25) is 0 Å². The third-order valence-electron chi connectivity index (χ3n) is 2.33. The molecule has 0 radical (unpaired) electrons. The molecule has 2 heteroatoms. The molecular formula is C13H19NO. The summed E-state index contributed by atoms with van der Waals surface area (Å²) in [6, 6.07) is 7.99. The van der Waals surface area contributed by atoms with Crippen LogP contribution < -0.4 is 4.90 Å². The molecule has 0 unspecified atom stereocenters. The topological polar surface area (TPSA) is 23.5 Å². The van der Waals surface area contributed by atoms with E-state index in [0.29, 0.717) is 0 Å². The maximum atomic E-state index is 8.94. The van der Waals surface area contributed by atoms with E-state index >= 15 is 0 Å². The molecule has 2 nitrogen and oxygen atoms in total. The molecule has 1 aromatic carbocycles. The lowest BCUT2D eigenvalue weighted by atomic mass is 10.2. The molecule has 0 amide bonds. The number of rotatable bonds is 5. The van der Waals surface area contributed by atoms with E-state index in [2.05, 4.69) is 18.4 Å². The second kappa shape index (κ2) is 5.56. The van der Waals surface area contributed by atoms with Crippen LogP contribution in [-0.4, -0.2) is 18.2 Å². The lowest BCUT2D eigenvalue weighted by molar-refractivity contribution is 0.282. The van der Waals surface area contributed by atoms with Gasteiger partial charge in [-0.25, -0.2) is 0 Å². The molecule has 82 valence electrons. The highest BCUT2D eigenvalue weighted by Gasteiger charge is 2.03. The van der Waals surface area contributed by atoms with Gasteiger partial charge in [0.15, 0.2) is 0 Å². The van der Waals surface area contributed by atoms with Crippen LogP contribution in [0.5, 0.6) is 0 Å². The average molecular weight is 205 g/mol. The van der Waals surface area contributed by atoms with Crippen LogP contribution in [0.4, 0.5) is 5.69 Å². The van der Waals surface area contributed by atoms with E-state index in [4.69, 9.17) is 5.11 Å². The lowest BCUT2D eigenvalue weighted by Gasteiger charge is -2.23. The number of likely N-dealkylation sites (N-methyl/N-ethyl adjacent to an activating group) is 1. The summed E-state index contributed by atoms with van der Waals surface area (Å²) in [6.45, 7) is 10.0. The predicted octanol–water partition coefficient (Wildman–Crippen LogP) is 2.58. The number of anilines is 1. The van der Waals surface area contributed by atoms with Gasteiger partial charge in [-0.15, -0.1) is 0 Å². The first-order valence-electron chi connectivity index (χ1n) is 5.26. The van der Waals surface area contributed by atoms with Crippen LogP contribution in [0.15, 0.2) is 36.4 Å². The van der Waals surface area contributed by atoms with Gasteiger partial charge < -0.3 is 10.0 Å². The van der Waals surface area contributed by atoms with Crippen molar-refractivity contribution in [1.29, 1.82) is 0 Å². The molecule has 0 aliphatic carbocycles. The maximum absolute atomic E-state index is 8.94. The fourth-order valence-corrected chi connectivity index (χ4v) is 1.52. The van der Waals surface area contributed by atoms with Crippen molar-refractivity contribution in [3.63, 3.8) is 0 Å². The fraction of sp³-hybridized carbons (Fsp3) is 0.385. The molecule has 0 saturated heterocycles. The summed E-state index contributed by atoms with van der Waals surface area (Å²) in [5, 5.41) is 8.94. The first-order chi connectivity index (χ1) is 7.17. The Morgan fingerprint density at radius 3 is 2.33 bits per heavy atom. The number of benzene rings is 1. The summed E-state index contributed by atoms with van der Waals surface area (Å²) < 4.78 is 0. The second-order valence-electron chi connectivity index (χ2n) is 3.80. The van der Waals surface area contributed by atoms with Gasteiger partial charge >= 0.3 is 0 Å². The minimum Gasteiger partial charge on any atom is -0.392 e. The van der Waals surface area contributed by atoms with Crippen LogP contribution in [0.25, 0.3) is 0 Å². The van der Waals surface area contributed by atoms with Gasteiger partial charge in [0.05, 0.1) is 6.61 Å². The quantitative estimate of drug-likeness (QED) is 0.747. The Hall–Kier alpha value is -1.28. The third kappa shape index (κ3) is 3.40. The monoisotopic (exact) mass is 205 g/mol. The summed E-state index contributed by atoms with van der Waals surface area (Å²) in [4.78, 5) is 2.25. The van der Waals surface area contributed by atoms with Gasteiger partial charge in [-0.1, -0.05) is 24.3 Å². The Bertz CT molecular complexity index is 316. The van der Waals surface area contributed by atoms with Crippen molar-refractivity contribution in [2.45, 2.75) is 20.5 Å². The highest BCUT2D eigenvalue weighted by atomic mass is 16.3. The van der Waals surface area contributed by atoms with Crippen LogP contribution in [0.1, 0.15) is 19.4 Å². The van der Waals surface area contributed by atoms with Crippen molar-refractivity contribution in [3.05, 3.63) is 42.0 Å². The van der Waals surface area contributed by atoms with E-state index in [1.807, 2.05) is 31.2 Å². The number of hydrogen-bond donors (Lipinski definition) is 1. The summed E-state index contributed by atoms with van der Waals surface area (Å²) in [7, 11) is 0. The molecule has 0 aliphatic rings. The Morgan fingerprint density at radius 2 is 1.93 bits per heavy atom. The number of aliphatic hydroxyl groups is 1. The summed E-state index contributed by atoms with van der Waals surface area (Å²) >= 11 is 0. The van der Waals surface area contributed by atoms with Crippen LogP contribution in [0.2, 0.25) is 0 Å². The maximum Gasteiger partial charge on any atom is 0.0681 e. The average Bonchev–Trinajstić information content (AvgIpc) is 2.26. The Morgan fingerprint density at radius 1 is 1.33 bits per heavy atom. The molecule has 0 fully saturated rings. The fourth-order valence-electron chi connectivity index (χ4n) is 1.52. The highest BCUT2D eigenvalue weighted by molar-refractivity contribution is 5.48. The minimum atomic E-state index is 0.104. The van der Waals surface area contributed by atoms with Crippen molar-refractivity contribution >= 4 is 5.69 Å². The van der Waals surface area contributed by atoms with Crippen molar-refractivity contribution in [2.24, 2.45) is 0 Å². The van der Waals surface area contributed by atoms with Crippen molar-refractivity contribution in [1.82, 2.24) is 0 Å². The molecule has 0 atom stereocenters. The van der Waals surface area contributed by atoms with E-state index in [1.54, 1.807) is 0 Å². The van der Waals surface area contributed by atoms with E-state index in [9.17, 15) is 0 Å². The third-order valence-corrected chi connectivity index (χ3v) is 2.33. The summed E-state index contributed by atoms with van der Waals surface area (Å²) in [6.07, 6.45) is 0. The first kappa shape index (κ1) is 11.8. The summed E-state index contributed by atoms with van der Waals surface area (Å²) in [5.74, 6) is 0. The standard InChI is InChI=1S/C13H19NO/c1-4-14(9-11(2)3)13-7-5-12(10-15)6-8-13/h5-8,15H,2,4,9-10H2,1,3H3. The van der Waals surface area contributed by atoms with Gasteiger partial charge in [0.2, 0.25) is 0 Å². The highest BCUT2D eigenvalue weighted by Crippen LogP contribution is 2.16. The largest absolute Gasteiger partial charge is 0.392 e. The molecule has 0 spiro atoms. The molecule has 0 saturated carbocycles. The molecule has 0 heterocycles. The first-order valence-corrected chi connectivity index (χ1v) is 5.26. The smallest absolute Gasteiger partial charge is 0.0681 e. The zero-order chi connectivity index (χ0) is 11.3. The van der Waals surface area contributed by atoms with Crippen molar-refractivity contribution < 1.29 is 5.11 Å². The molecule has 15 heavy (non-hydrogen) atoms. The van der Waals surface area contributed by atoms with Crippen LogP contribution >= 0.6 is 0 Å². The Labute approximate surface area is 91.9 Å². The summed E-state index contributed by atoms with van der Waals surface area (Å²) in [5.41, 5.74) is 3.28. The lowest BCUT2D eigenvalue weighted by Crippen LogP contribution is -2.24. The van der Waals surface area contributed by atoms with E-state index < -0.39 is 0 Å². The van der Waals surface area contributed by atoms with Gasteiger partial charge in [-0.2, -0.15) is 0 Å². The SMILES string of the molecule is C=C(C)CN(CC)c1ccc(CO)cc1. The zero-order valence-corrected chi connectivity index (χ0v) is 9.53. The molecule has 1 rings (SSSR count). The van der Waals surface area contributed by atoms with Crippen molar-refractivity contribution in [2.75, 3.05) is 18.0 Å². The molecule has 1 N–H and O–H groups in total. The van der Waals surface area contributed by atoms with Gasteiger partial charge in [-0.05, 0) is 31.5 Å². The Kier molecular flexibility index (Phi) is 4.37.